The number of carbonyl (C=O) groups excluding carboxylic acids is 1. The predicted molar refractivity (Wildman–Crippen MR) is 82.3 cm³/mol. The number of esters is 1. The lowest BCUT2D eigenvalue weighted by atomic mass is 10.3. The lowest BCUT2D eigenvalue weighted by Gasteiger charge is -2.05. The molecular weight excluding hydrogens is 348 g/mol. The van der Waals surface area contributed by atoms with Crippen molar-refractivity contribution in [2.24, 2.45) is 0 Å². The summed E-state index contributed by atoms with van der Waals surface area (Å²) in [6, 6.07) is 4.13. The Labute approximate surface area is 128 Å². The van der Waals surface area contributed by atoms with Gasteiger partial charge >= 0.3 is 5.97 Å². The lowest BCUT2D eigenvalue weighted by Crippen LogP contribution is -2.10. The van der Waals surface area contributed by atoms with Crippen molar-refractivity contribution < 1.29 is 9.53 Å². The van der Waals surface area contributed by atoms with Crippen LogP contribution in [0.4, 0.5) is 5.00 Å². The van der Waals surface area contributed by atoms with Crippen molar-refractivity contribution in [2.45, 2.75) is 13.3 Å². The molecule has 0 unspecified atom stereocenters. The van der Waals surface area contributed by atoms with Gasteiger partial charge in [0, 0.05) is 11.4 Å². The first kappa shape index (κ1) is 14.5. The van der Waals surface area contributed by atoms with E-state index in [2.05, 4.69) is 32.3 Å². The number of thiazole rings is 1. The molecule has 2 rings (SSSR count). The molecule has 0 aliphatic carbocycles. The second-order valence-corrected chi connectivity index (χ2v) is 7.04. The van der Waals surface area contributed by atoms with Gasteiger partial charge in [0.15, 0.2) is 5.69 Å². The highest BCUT2D eigenvalue weighted by Crippen LogP contribution is 2.24. The normalized spacial score (nSPS) is 10.4. The fraction of sp³-hybridized carbons (Fsp3) is 0.333. The van der Waals surface area contributed by atoms with Crippen LogP contribution in [0.2, 0.25) is 0 Å². The third kappa shape index (κ3) is 4.02. The molecule has 0 spiro atoms. The van der Waals surface area contributed by atoms with Crippen LogP contribution in [0.5, 0.6) is 0 Å². The molecule has 0 atom stereocenters. The van der Waals surface area contributed by atoms with Crippen LogP contribution in [0.15, 0.2) is 21.4 Å². The second kappa shape index (κ2) is 7.02. The molecule has 102 valence electrons. The average Bonchev–Trinajstić information content (AvgIpc) is 2.99. The van der Waals surface area contributed by atoms with Crippen molar-refractivity contribution in [3.8, 4) is 0 Å². The Hall–Kier alpha value is -0.920. The van der Waals surface area contributed by atoms with Gasteiger partial charge in [0.05, 0.1) is 15.9 Å². The Bertz CT molecular complexity index is 553. The molecule has 2 aromatic rings. The molecule has 4 nitrogen and oxygen atoms in total. The zero-order valence-electron chi connectivity index (χ0n) is 10.3. The van der Waals surface area contributed by atoms with Gasteiger partial charge in [-0.15, -0.1) is 22.7 Å². The number of hydrogen-bond acceptors (Lipinski definition) is 6. The highest BCUT2D eigenvalue weighted by atomic mass is 79.9. The van der Waals surface area contributed by atoms with Crippen LogP contribution in [-0.2, 0) is 11.2 Å². The third-order valence-corrected chi connectivity index (χ3v) is 4.79. The molecule has 0 radical (unpaired) electrons. The monoisotopic (exact) mass is 360 g/mol. The Morgan fingerprint density at radius 2 is 2.37 bits per heavy atom. The molecule has 0 saturated carbocycles. The van der Waals surface area contributed by atoms with Gasteiger partial charge in [-0.1, -0.05) is 0 Å². The van der Waals surface area contributed by atoms with Crippen LogP contribution in [0.3, 0.4) is 0 Å². The molecule has 2 aromatic heterocycles. The topological polar surface area (TPSA) is 51.2 Å². The smallest absolute Gasteiger partial charge is 0.360 e. The number of rotatable bonds is 6. The molecule has 0 aromatic carbocycles. The van der Waals surface area contributed by atoms with E-state index in [4.69, 9.17) is 4.74 Å². The van der Waals surface area contributed by atoms with Gasteiger partial charge in [0.1, 0.15) is 5.00 Å². The summed E-state index contributed by atoms with van der Waals surface area (Å²) in [5, 5.41) is 4.01. The average molecular weight is 361 g/mol. The lowest BCUT2D eigenvalue weighted by molar-refractivity contribution is 0.0521. The molecule has 0 saturated heterocycles. The van der Waals surface area contributed by atoms with Crippen molar-refractivity contribution in [1.82, 2.24) is 4.98 Å². The number of aromatic nitrogens is 1. The van der Waals surface area contributed by atoms with E-state index in [1.807, 2.05) is 6.07 Å². The van der Waals surface area contributed by atoms with E-state index in [9.17, 15) is 4.79 Å². The van der Waals surface area contributed by atoms with E-state index in [0.717, 1.165) is 21.8 Å². The van der Waals surface area contributed by atoms with Crippen LogP contribution < -0.4 is 5.32 Å². The molecule has 0 aliphatic rings. The molecule has 19 heavy (non-hydrogen) atoms. The summed E-state index contributed by atoms with van der Waals surface area (Å²) < 4.78 is 6.09. The quantitative estimate of drug-likeness (QED) is 0.796. The minimum Gasteiger partial charge on any atom is -0.461 e. The molecule has 0 bridgehead atoms. The molecule has 1 N–H and O–H groups in total. The maximum atomic E-state index is 11.6. The van der Waals surface area contributed by atoms with Gasteiger partial charge < -0.3 is 10.1 Å². The van der Waals surface area contributed by atoms with E-state index >= 15 is 0 Å². The standard InChI is InChI=1S/C12H13BrN2O2S2/c1-2-17-12(16)10-11(18-7-15-10)14-6-5-8-3-4-9(13)19-8/h3-4,7,14H,2,5-6H2,1H3. The maximum absolute atomic E-state index is 11.6. The Kier molecular flexibility index (Phi) is 5.35. The number of anilines is 1. The fourth-order valence-electron chi connectivity index (χ4n) is 1.50. The largest absolute Gasteiger partial charge is 0.461 e. The van der Waals surface area contributed by atoms with Crippen LogP contribution in [-0.4, -0.2) is 24.1 Å². The summed E-state index contributed by atoms with van der Waals surface area (Å²) >= 11 is 6.57. The van der Waals surface area contributed by atoms with E-state index in [-0.39, 0.29) is 5.97 Å². The van der Waals surface area contributed by atoms with Crippen LogP contribution >= 0.6 is 38.6 Å². The molecule has 7 heteroatoms. The zero-order chi connectivity index (χ0) is 13.7. The number of hydrogen-bond donors (Lipinski definition) is 1. The number of nitrogens with one attached hydrogen (secondary N) is 1. The van der Waals surface area contributed by atoms with Gasteiger partial charge in [-0.3, -0.25) is 0 Å². The van der Waals surface area contributed by atoms with Gasteiger partial charge in [-0.05, 0) is 41.4 Å². The highest BCUT2D eigenvalue weighted by Gasteiger charge is 2.15. The minimum absolute atomic E-state index is 0.360. The Morgan fingerprint density at radius 3 is 3.05 bits per heavy atom. The van der Waals surface area contributed by atoms with Crippen molar-refractivity contribution in [3.05, 3.63) is 32.0 Å². The Morgan fingerprint density at radius 1 is 1.53 bits per heavy atom. The predicted octanol–water partition coefficient (Wildman–Crippen LogP) is 3.80. The molecule has 0 aliphatic heterocycles. The number of halogens is 1. The third-order valence-electron chi connectivity index (χ3n) is 2.32. The van der Waals surface area contributed by atoms with E-state index < -0.39 is 0 Å². The second-order valence-electron chi connectivity index (χ2n) is 3.63. The summed E-state index contributed by atoms with van der Waals surface area (Å²) in [5.74, 6) is -0.370. The summed E-state index contributed by atoms with van der Waals surface area (Å²) in [6.07, 6.45) is 0.913. The first-order valence-electron chi connectivity index (χ1n) is 5.79. The summed E-state index contributed by atoms with van der Waals surface area (Å²) in [5.41, 5.74) is 2.02. The molecule has 0 amide bonds. The molecule has 0 fully saturated rings. The van der Waals surface area contributed by atoms with Crippen molar-refractivity contribution in [3.63, 3.8) is 0 Å². The van der Waals surface area contributed by atoms with Crippen LogP contribution in [0.25, 0.3) is 0 Å². The number of carbonyl (C=O) groups is 1. The van der Waals surface area contributed by atoms with Crippen LogP contribution in [0.1, 0.15) is 22.3 Å². The number of thiophene rings is 1. The summed E-state index contributed by atoms with van der Waals surface area (Å²) in [4.78, 5) is 17.0. The number of ether oxygens (including phenoxy) is 1. The fourth-order valence-corrected chi connectivity index (χ4v) is 3.68. The van der Waals surface area contributed by atoms with Crippen molar-refractivity contribution in [2.75, 3.05) is 18.5 Å². The van der Waals surface area contributed by atoms with Gasteiger partial charge in [-0.2, -0.15) is 0 Å². The van der Waals surface area contributed by atoms with E-state index in [1.165, 1.54) is 16.2 Å². The van der Waals surface area contributed by atoms with Gasteiger partial charge in [-0.25, -0.2) is 9.78 Å². The van der Waals surface area contributed by atoms with E-state index in [0.29, 0.717) is 12.3 Å². The van der Waals surface area contributed by atoms with E-state index in [1.54, 1.807) is 23.8 Å². The first-order chi connectivity index (χ1) is 9.20. The highest BCUT2D eigenvalue weighted by molar-refractivity contribution is 9.11. The Balaban J connectivity index is 1.89. The van der Waals surface area contributed by atoms with Crippen molar-refractivity contribution in [1.29, 1.82) is 0 Å². The maximum Gasteiger partial charge on any atom is 0.360 e. The van der Waals surface area contributed by atoms with Gasteiger partial charge in [0.2, 0.25) is 0 Å². The SMILES string of the molecule is CCOC(=O)c1ncsc1NCCc1ccc(Br)s1. The molecular formula is C12H13BrN2O2S2. The first-order valence-corrected chi connectivity index (χ1v) is 8.28. The van der Waals surface area contributed by atoms with Crippen molar-refractivity contribution >= 4 is 49.6 Å². The van der Waals surface area contributed by atoms with Gasteiger partial charge in [0.25, 0.3) is 0 Å². The summed E-state index contributed by atoms with van der Waals surface area (Å²) in [7, 11) is 0. The minimum atomic E-state index is -0.370. The van der Waals surface area contributed by atoms with Crippen LogP contribution in [0, 0.1) is 0 Å². The molecule has 2 heterocycles. The summed E-state index contributed by atoms with van der Waals surface area (Å²) in [6.45, 7) is 2.91. The zero-order valence-corrected chi connectivity index (χ0v) is 13.5. The number of nitrogens with zero attached hydrogens (tertiary/aromatic N) is 1.